The number of carbonyl (C=O) groups is 1. The standard InChI is InChI=1S/C23H23NO4.C4H8O.3CH4/c25-22(20-6-8-21(9-7-20)23-27-15-16-28-23)10-5-18-1-3-19(4-2-18)17-24-11-13-26-14-12-24;1-2-4-5-3-1;;;/h1-4,6-9,23H,11-17H2;1-4H2;3*1H4. The predicted molar refractivity (Wildman–Crippen MR) is 145 cm³/mol. The SMILES string of the molecule is C.C.C.C1CCOC1.O=C(C#Cc1ccc(CN2CCOCC2)cc1)c1ccc(C2OCCO2)cc1. The van der Waals surface area contributed by atoms with Crippen LogP contribution in [0.1, 0.15) is 68.5 Å². The molecule has 0 aromatic heterocycles. The van der Waals surface area contributed by atoms with Gasteiger partial charge in [0.1, 0.15) is 0 Å². The summed E-state index contributed by atoms with van der Waals surface area (Å²) in [5.74, 6) is 5.49. The second-order valence-corrected chi connectivity index (χ2v) is 8.18. The van der Waals surface area contributed by atoms with E-state index in [0.29, 0.717) is 18.8 Å². The third-order valence-corrected chi connectivity index (χ3v) is 5.68. The highest BCUT2D eigenvalue weighted by Crippen LogP contribution is 2.23. The molecule has 3 heterocycles. The first-order valence-corrected chi connectivity index (χ1v) is 11.6. The van der Waals surface area contributed by atoms with Crippen molar-refractivity contribution in [3.8, 4) is 11.8 Å². The van der Waals surface area contributed by atoms with Crippen molar-refractivity contribution >= 4 is 5.78 Å². The Morgan fingerprint density at radius 2 is 1.36 bits per heavy atom. The normalized spacial score (nSPS) is 17.2. The molecule has 0 atom stereocenters. The van der Waals surface area contributed by atoms with Crippen LogP contribution in [-0.2, 0) is 25.5 Å². The van der Waals surface area contributed by atoms with Gasteiger partial charge in [-0.3, -0.25) is 9.69 Å². The van der Waals surface area contributed by atoms with Crippen LogP contribution in [0.3, 0.4) is 0 Å². The van der Waals surface area contributed by atoms with Crippen molar-refractivity contribution < 1.29 is 23.7 Å². The number of nitrogens with zero attached hydrogens (tertiary/aromatic N) is 1. The van der Waals surface area contributed by atoms with Gasteiger partial charge in [-0.1, -0.05) is 52.5 Å². The zero-order valence-corrected chi connectivity index (χ0v) is 19.0. The van der Waals surface area contributed by atoms with Gasteiger partial charge in [-0.25, -0.2) is 0 Å². The van der Waals surface area contributed by atoms with E-state index in [1.165, 1.54) is 18.4 Å². The summed E-state index contributed by atoms with van der Waals surface area (Å²) >= 11 is 0. The third kappa shape index (κ3) is 9.85. The Morgan fingerprint density at radius 1 is 0.778 bits per heavy atom. The van der Waals surface area contributed by atoms with Gasteiger partial charge in [0, 0.05) is 49.5 Å². The lowest BCUT2D eigenvalue weighted by Crippen LogP contribution is -2.35. The number of carbonyl (C=O) groups excluding carboxylic acids is 1. The van der Waals surface area contributed by atoms with Gasteiger partial charge in [0.25, 0.3) is 0 Å². The second-order valence-electron chi connectivity index (χ2n) is 8.18. The molecule has 0 aliphatic carbocycles. The third-order valence-electron chi connectivity index (χ3n) is 5.68. The molecule has 0 unspecified atom stereocenters. The number of ketones is 1. The Kier molecular flexibility index (Phi) is 14.9. The summed E-state index contributed by atoms with van der Waals surface area (Å²) in [5, 5.41) is 0. The zero-order valence-electron chi connectivity index (χ0n) is 19.0. The van der Waals surface area contributed by atoms with E-state index in [-0.39, 0.29) is 34.4 Å². The molecule has 3 fully saturated rings. The number of benzene rings is 2. The fraction of sp³-hybridized carbons (Fsp3) is 0.500. The Morgan fingerprint density at radius 3 is 1.92 bits per heavy atom. The molecule has 0 bridgehead atoms. The molecule has 6 nitrogen and oxygen atoms in total. The molecule has 3 aliphatic heterocycles. The number of Topliss-reactive ketones (excluding diaryl/α,β-unsaturated/α-hetero) is 1. The number of rotatable bonds is 4. The molecule has 0 amide bonds. The van der Waals surface area contributed by atoms with Crippen LogP contribution >= 0.6 is 0 Å². The van der Waals surface area contributed by atoms with E-state index in [1.54, 1.807) is 12.1 Å². The molecule has 36 heavy (non-hydrogen) atoms. The molecule has 6 heteroatoms. The van der Waals surface area contributed by atoms with Crippen LogP contribution in [0.4, 0.5) is 0 Å². The second kappa shape index (κ2) is 17.0. The Labute approximate surface area is 217 Å². The quantitative estimate of drug-likeness (QED) is 0.410. The minimum Gasteiger partial charge on any atom is -0.381 e. The number of morpholine rings is 1. The summed E-state index contributed by atoms with van der Waals surface area (Å²) in [6.07, 6.45) is 2.23. The van der Waals surface area contributed by atoms with Crippen molar-refractivity contribution in [1.29, 1.82) is 0 Å². The van der Waals surface area contributed by atoms with Gasteiger partial charge >= 0.3 is 0 Å². The van der Waals surface area contributed by atoms with E-state index in [2.05, 4.69) is 28.9 Å². The van der Waals surface area contributed by atoms with Crippen molar-refractivity contribution in [3.63, 3.8) is 0 Å². The van der Waals surface area contributed by atoms with Crippen LogP contribution in [-0.4, -0.2) is 63.4 Å². The summed E-state index contributed by atoms with van der Waals surface area (Å²) in [7, 11) is 0. The van der Waals surface area contributed by atoms with Crippen molar-refractivity contribution in [2.75, 3.05) is 52.7 Å². The van der Waals surface area contributed by atoms with Gasteiger partial charge < -0.3 is 18.9 Å². The van der Waals surface area contributed by atoms with Crippen molar-refractivity contribution in [1.82, 2.24) is 4.90 Å². The highest BCUT2D eigenvalue weighted by atomic mass is 16.7. The van der Waals surface area contributed by atoms with Gasteiger partial charge in [-0.15, -0.1) is 0 Å². The lowest BCUT2D eigenvalue weighted by atomic mass is 10.1. The highest BCUT2D eigenvalue weighted by molar-refractivity contribution is 6.09. The maximum Gasteiger partial charge on any atom is 0.236 e. The van der Waals surface area contributed by atoms with Crippen LogP contribution in [0.5, 0.6) is 0 Å². The summed E-state index contributed by atoms with van der Waals surface area (Å²) in [6.45, 7) is 7.64. The summed E-state index contributed by atoms with van der Waals surface area (Å²) in [6, 6.07) is 15.3. The molecule has 0 radical (unpaired) electrons. The predicted octanol–water partition coefficient (Wildman–Crippen LogP) is 5.50. The molecule has 0 N–H and O–H groups in total. The topological polar surface area (TPSA) is 57.2 Å². The fourth-order valence-corrected chi connectivity index (χ4v) is 3.76. The molecule has 3 saturated heterocycles. The molecule has 2 aromatic carbocycles. The first kappa shape index (κ1) is 31.5. The molecule has 198 valence electrons. The molecule has 0 spiro atoms. The van der Waals surface area contributed by atoms with E-state index < -0.39 is 0 Å². The maximum atomic E-state index is 12.3. The molecule has 2 aromatic rings. The van der Waals surface area contributed by atoms with Gasteiger partial charge in [0.15, 0.2) is 6.29 Å². The van der Waals surface area contributed by atoms with Crippen LogP contribution < -0.4 is 0 Å². The average molecular weight is 498 g/mol. The van der Waals surface area contributed by atoms with Gasteiger partial charge in [0.05, 0.1) is 26.4 Å². The number of ether oxygens (including phenoxy) is 4. The first-order valence-electron chi connectivity index (χ1n) is 11.6. The van der Waals surface area contributed by atoms with Crippen molar-refractivity contribution in [2.24, 2.45) is 0 Å². The van der Waals surface area contributed by atoms with E-state index in [9.17, 15) is 4.79 Å². The Balaban J connectivity index is 0.000000727. The van der Waals surface area contributed by atoms with Crippen LogP contribution in [0.15, 0.2) is 48.5 Å². The largest absolute Gasteiger partial charge is 0.381 e. The van der Waals surface area contributed by atoms with E-state index in [0.717, 1.165) is 57.2 Å². The molecular formula is C30H43NO5. The lowest BCUT2D eigenvalue weighted by molar-refractivity contribution is -0.0441. The van der Waals surface area contributed by atoms with Crippen LogP contribution in [0, 0.1) is 11.8 Å². The van der Waals surface area contributed by atoms with Gasteiger partial charge in [-0.2, -0.15) is 0 Å². The molecular weight excluding hydrogens is 454 g/mol. The number of hydrogen-bond donors (Lipinski definition) is 0. The maximum absolute atomic E-state index is 12.3. The Bertz CT molecular complexity index is 922. The number of hydrogen-bond acceptors (Lipinski definition) is 6. The van der Waals surface area contributed by atoms with E-state index in [1.807, 2.05) is 24.3 Å². The first-order chi connectivity index (χ1) is 16.3. The summed E-state index contributed by atoms with van der Waals surface area (Å²) in [4.78, 5) is 14.7. The smallest absolute Gasteiger partial charge is 0.236 e. The average Bonchev–Trinajstić information content (AvgIpc) is 3.62. The minimum atomic E-state index is -0.328. The minimum absolute atomic E-state index is 0. The molecule has 3 aliphatic rings. The van der Waals surface area contributed by atoms with Crippen molar-refractivity contribution in [2.45, 2.75) is 48.0 Å². The zero-order chi connectivity index (χ0) is 22.7. The lowest BCUT2D eigenvalue weighted by Gasteiger charge is -2.26. The van der Waals surface area contributed by atoms with Gasteiger partial charge in [0.2, 0.25) is 5.78 Å². The van der Waals surface area contributed by atoms with E-state index >= 15 is 0 Å². The molecule has 5 rings (SSSR count). The van der Waals surface area contributed by atoms with E-state index in [4.69, 9.17) is 18.9 Å². The monoisotopic (exact) mass is 497 g/mol. The molecule has 0 saturated carbocycles. The highest BCUT2D eigenvalue weighted by Gasteiger charge is 2.18. The van der Waals surface area contributed by atoms with Crippen LogP contribution in [0.2, 0.25) is 0 Å². The Hall–Kier alpha value is -2.53. The fourth-order valence-electron chi connectivity index (χ4n) is 3.76. The summed E-state index contributed by atoms with van der Waals surface area (Å²) < 4.78 is 21.2. The van der Waals surface area contributed by atoms with Crippen LogP contribution in [0.25, 0.3) is 0 Å². The van der Waals surface area contributed by atoms with Crippen molar-refractivity contribution in [3.05, 3.63) is 70.8 Å². The van der Waals surface area contributed by atoms with Gasteiger partial charge in [-0.05, 0) is 48.6 Å². The summed E-state index contributed by atoms with van der Waals surface area (Å²) in [5.41, 5.74) is 3.56.